The van der Waals surface area contributed by atoms with E-state index in [1.807, 2.05) is 44.4 Å². The van der Waals surface area contributed by atoms with Crippen LogP contribution in [0.4, 0.5) is 0 Å². The first-order chi connectivity index (χ1) is 15.6. The maximum atomic E-state index is 12.3. The van der Waals surface area contributed by atoms with Gasteiger partial charge in [-0.15, -0.1) is 0 Å². The highest BCUT2D eigenvalue weighted by Crippen LogP contribution is 2.24. The second kappa shape index (κ2) is 10.2. The Morgan fingerprint density at radius 3 is 2.48 bits per heavy atom. The Kier molecular flexibility index (Phi) is 7.63. The summed E-state index contributed by atoms with van der Waals surface area (Å²) in [5, 5.41) is 0. The van der Waals surface area contributed by atoms with E-state index in [-0.39, 0.29) is 11.7 Å². The first kappa shape index (κ1) is 24.6. The van der Waals surface area contributed by atoms with Gasteiger partial charge in [-0.1, -0.05) is 12.8 Å². The van der Waals surface area contributed by atoms with Gasteiger partial charge in [0, 0.05) is 20.1 Å². The van der Waals surface area contributed by atoms with Crippen LogP contribution in [-0.2, 0) is 20.8 Å². The van der Waals surface area contributed by atoms with Gasteiger partial charge in [-0.25, -0.2) is 9.78 Å². The number of fused-ring (bicyclic) bond motifs is 2. The van der Waals surface area contributed by atoms with Crippen molar-refractivity contribution in [2.75, 3.05) is 13.7 Å². The molecule has 0 fully saturated rings. The molecule has 2 heterocycles. The zero-order valence-corrected chi connectivity index (χ0v) is 20.0. The van der Waals surface area contributed by atoms with Crippen molar-refractivity contribution < 1.29 is 14.3 Å². The summed E-state index contributed by atoms with van der Waals surface area (Å²) in [6.07, 6.45) is 3.63. The molecule has 0 amide bonds. The zero-order chi connectivity index (χ0) is 24.2. The Labute approximate surface area is 192 Å². The molecule has 0 unspecified atom stereocenters. The van der Waals surface area contributed by atoms with Gasteiger partial charge in [0.2, 0.25) is 0 Å². The Morgan fingerprint density at radius 1 is 1.06 bits per heavy atom. The lowest BCUT2D eigenvalue weighted by Crippen LogP contribution is -2.32. The number of rotatable bonds is 10. The smallest absolute Gasteiger partial charge is 0.349 e. The van der Waals surface area contributed by atoms with Crippen molar-refractivity contribution in [2.45, 2.75) is 71.9 Å². The number of aromatic amines is 1. The average Bonchev–Trinajstić information content (AvgIpc) is 2.71. The SMILES string of the molecule is COCC(C)(C)OC(=O)CCCCCCn1c2nc(=O)[nH]c(=O)c-2nc2cc(C)c(C)cc21. The number of carbonyl (C=O) groups excluding carboxylic acids is 1. The summed E-state index contributed by atoms with van der Waals surface area (Å²) in [6, 6.07) is 3.96. The van der Waals surface area contributed by atoms with E-state index in [1.54, 1.807) is 7.11 Å². The van der Waals surface area contributed by atoms with E-state index in [0.717, 1.165) is 42.3 Å². The summed E-state index contributed by atoms with van der Waals surface area (Å²) in [7, 11) is 1.58. The van der Waals surface area contributed by atoms with Crippen LogP contribution in [-0.4, -0.2) is 44.8 Å². The lowest BCUT2D eigenvalue weighted by Gasteiger charge is -2.24. The molecule has 0 spiro atoms. The molecule has 9 nitrogen and oxygen atoms in total. The molecule has 0 saturated carbocycles. The van der Waals surface area contributed by atoms with E-state index >= 15 is 0 Å². The predicted molar refractivity (Wildman–Crippen MR) is 126 cm³/mol. The standard InChI is InChI=1S/C24H32N4O5/c1-15-12-17-18(13-16(15)2)28(21-20(25-17)22(30)27-23(31)26-21)11-9-7-6-8-10-19(29)33-24(3,4)14-32-5/h12-13H,6-11,14H2,1-5H3,(H,27,30,31). The second-order valence-corrected chi connectivity index (χ2v) is 9.06. The third-order valence-electron chi connectivity index (χ3n) is 5.62. The highest BCUT2D eigenvalue weighted by Gasteiger charge is 2.22. The number of hydrogen-bond donors (Lipinski definition) is 1. The molecular formula is C24H32N4O5. The topological polar surface area (TPSA) is 116 Å². The van der Waals surface area contributed by atoms with Gasteiger partial charge < -0.3 is 14.0 Å². The van der Waals surface area contributed by atoms with Gasteiger partial charge in [0.15, 0.2) is 11.5 Å². The summed E-state index contributed by atoms with van der Waals surface area (Å²) in [6.45, 7) is 8.59. The third-order valence-corrected chi connectivity index (χ3v) is 5.62. The fraction of sp³-hybridized carbons (Fsp3) is 0.542. The van der Waals surface area contributed by atoms with E-state index in [1.165, 1.54) is 0 Å². The average molecular weight is 457 g/mol. The second-order valence-electron chi connectivity index (χ2n) is 9.06. The van der Waals surface area contributed by atoms with E-state index < -0.39 is 16.9 Å². The van der Waals surface area contributed by atoms with Gasteiger partial charge >= 0.3 is 11.7 Å². The van der Waals surface area contributed by atoms with E-state index in [0.29, 0.717) is 30.9 Å². The molecule has 3 rings (SSSR count). The van der Waals surface area contributed by atoms with Gasteiger partial charge in [-0.2, -0.15) is 4.98 Å². The summed E-state index contributed by atoms with van der Waals surface area (Å²) in [4.78, 5) is 47.0. The van der Waals surface area contributed by atoms with Gasteiger partial charge in [0.1, 0.15) is 5.60 Å². The summed E-state index contributed by atoms with van der Waals surface area (Å²) < 4.78 is 12.4. The van der Waals surface area contributed by atoms with Crippen LogP contribution in [0.25, 0.3) is 22.6 Å². The quantitative estimate of drug-likeness (QED) is 0.283. The van der Waals surface area contributed by atoms with Gasteiger partial charge in [-0.05, 0) is 63.8 Å². The predicted octanol–water partition coefficient (Wildman–Crippen LogP) is 3.12. The minimum absolute atomic E-state index is 0.159. The summed E-state index contributed by atoms with van der Waals surface area (Å²) >= 11 is 0. The van der Waals surface area contributed by atoms with E-state index in [2.05, 4.69) is 15.0 Å². The lowest BCUT2D eigenvalue weighted by molar-refractivity contribution is -0.161. The first-order valence-electron chi connectivity index (χ1n) is 11.2. The largest absolute Gasteiger partial charge is 0.457 e. The molecule has 1 N–H and O–H groups in total. The Bertz CT molecular complexity index is 1230. The lowest BCUT2D eigenvalue weighted by atomic mass is 10.1. The maximum absolute atomic E-state index is 12.3. The van der Waals surface area contributed by atoms with Gasteiger partial charge in [-0.3, -0.25) is 14.6 Å². The highest BCUT2D eigenvalue weighted by molar-refractivity contribution is 5.81. The van der Waals surface area contributed by atoms with Crippen LogP contribution < -0.4 is 11.2 Å². The number of aryl methyl sites for hydroxylation is 3. The molecule has 2 aliphatic heterocycles. The number of hydrogen-bond acceptors (Lipinski definition) is 7. The van der Waals surface area contributed by atoms with E-state index in [4.69, 9.17) is 9.47 Å². The third kappa shape index (κ3) is 6.04. The number of esters is 1. The number of ether oxygens (including phenoxy) is 2. The van der Waals surface area contributed by atoms with Gasteiger partial charge in [0.25, 0.3) is 5.56 Å². The first-order valence-corrected chi connectivity index (χ1v) is 11.2. The molecule has 0 atom stereocenters. The van der Waals surface area contributed by atoms with Gasteiger partial charge in [0.05, 0.1) is 17.6 Å². The molecule has 178 valence electrons. The van der Waals surface area contributed by atoms with Crippen molar-refractivity contribution in [3.05, 3.63) is 44.1 Å². The van der Waals surface area contributed by atoms with Crippen LogP contribution in [0, 0.1) is 13.8 Å². The molecular weight excluding hydrogens is 424 g/mol. The van der Waals surface area contributed by atoms with Crippen molar-refractivity contribution in [1.29, 1.82) is 0 Å². The van der Waals surface area contributed by atoms with Crippen molar-refractivity contribution in [2.24, 2.45) is 0 Å². The van der Waals surface area contributed by atoms with Crippen LogP contribution >= 0.6 is 0 Å². The van der Waals surface area contributed by atoms with Crippen LogP contribution in [0.15, 0.2) is 21.7 Å². The summed E-state index contributed by atoms with van der Waals surface area (Å²) in [5.41, 5.74) is 2.02. The minimum atomic E-state index is -0.679. The molecule has 0 aliphatic carbocycles. The number of carbonyl (C=O) groups is 1. The molecule has 33 heavy (non-hydrogen) atoms. The minimum Gasteiger partial charge on any atom is -0.457 e. The number of nitrogens with zero attached hydrogens (tertiary/aromatic N) is 3. The van der Waals surface area contributed by atoms with Crippen molar-refractivity contribution >= 4 is 17.0 Å². The van der Waals surface area contributed by atoms with Crippen molar-refractivity contribution in [3.8, 4) is 11.5 Å². The fourth-order valence-electron chi connectivity index (χ4n) is 3.91. The number of unbranched alkanes of at least 4 members (excludes halogenated alkanes) is 3. The molecule has 9 heteroatoms. The maximum Gasteiger partial charge on any atom is 0.349 e. The normalized spacial score (nSPS) is 11.9. The molecule has 0 aromatic heterocycles. The van der Waals surface area contributed by atoms with Crippen LogP contribution in [0.2, 0.25) is 0 Å². The van der Waals surface area contributed by atoms with E-state index in [9.17, 15) is 14.4 Å². The monoisotopic (exact) mass is 456 g/mol. The number of nitrogens with one attached hydrogen (secondary N) is 1. The molecule has 0 bridgehead atoms. The fourth-order valence-corrected chi connectivity index (χ4v) is 3.91. The Hall–Kier alpha value is -3.07. The Morgan fingerprint density at radius 2 is 1.76 bits per heavy atom. The number of aromatic nitrogens is 4. The molecule has 0 radical (unpaired) electrons. The number of methoxy groups -OCH3 is 1. The molecule has 0 saturated heterocycles. The van der Waals surface area contributed by atoms with Crippen LogP contribution in [0.1, 0.15) is 57.1 Å². The molecule has 1 aromatic carbocycles. The van der Waals surface area contributed by atoms with Crippen LogP contribution in [0.5, 0.6) is 0 Å². The molecule has 2 aliphatic rings. The zero-order valence-electron chi connectivity index (χ0n) is 20.0. The van der Waals surface area contributed by atoms with Crippen molar-refractivity contribution in [3.63, 3.8) is 0 Å². The number of benzene rings is 1. The van der Waals surface area contributed by atoms with Crippen LogP contribution in [0.3, 0.4) is 0 Å². The van der Waals surface area contributed by atoms with Crippen molar-refractivity contribution in [1.82, 2.24) is 19.5 Å². The highest BCUT2D eigenvalue weighted by atomic mass is 16.6. The Balaban J connectivity index is 1.68. The molecule has 1 aromatic rings. The summed E-state index contributed by atoms with van der Waals surface area (Å²) in [5.74, 6) is 0.0678. The number of H-pyrrole nitrogens is 1.